The van der Waals surface area contributed by atoms with E-state index in [1.807, 2.05) is 19.9 Å². The summed E-state index contributed by atoms with van der Waals surface area (Å²) in [5, 5.41) is 8.95. The predicted octanol–water partition coefficient (Wildman–Crippen LogP) is 1.85. The maximum atomic E-state index is 13.5. The molecule has 3 heterocycles. The van der Waals surface area contributed by atoms with E-state index in [1.165, 1.54) is 9.47 Å². The van der Waals surface area contributed by atoms with Crippen LogP contribution < -0.4 is 26.8 Å². The van der Waals surface area contributed by atoms with Gasteiger partial charge in [-0.2, -0.15) is 5.26 Å². The number of nitrogens with two attached hydrogens (primary N) is 1. The summed E-state index contributed by atoms with van der Waals surface area (Å²) in [5.74, 6) is 0.404. The summed E-state index contributed by atoms with van der Waals surface area (Å²) in [6.45, 7) is 5.92. The molecule has 1 aliphatic rings. The number of anilines is 3. The fraction of sp³-hybridized carbons (Fsp3) is 0.522. The van der Waals surface area contributed by atoms with Crippen LogP contribution in [0.2, 0.25) is 0 Å². The summed E-state index contributed by atoms with van der Waals surface area (Å²) in [4.78, 5) is 48.7. The van der Waals surface area contributed by atoms with Gasteiger partial charge in [0.1, 0.15) is 17.7 Å². The van der Waals surface area contributed by atoms with Crippen molar-refractivity contribution in [2.75, 3.05) is 35.2 Å². The molecule has 1 amide bonds. The highest BCUT2D eigenvalue weighted by Crippen LogP contribution is 2.27. The number of aromatic amines is 1. The molecule has 1 aliphatic heterocycles. The van der Waals surface area contributed by atoms with Gasteiger partial charge in [-0.1, -0.05) is 20.3 Å². The molecule has 0 unspecified atom stereocenters. The minimum Gasteiger partial charge on any atom is -0.383 e. The van der Waals surface area contributed by atoms with E-state index in [4.69, 9.17) is 11.0 Å². The normalized spacial score (nSPS) is 14.2. The second kappa shape index (κ2) is 10.8. The maximum absolute atomic E-state index is 13.5. The second-order valence-corrected chi connectivity index (χ2v) is 8.27. The van der Waals surface area contributed by atoms with Gasteiger partial charge in [-0.25, -0.2) is 9.78 Å². The van der Waals surface area contributed by atoms with Crippen molar-refractivity contribution in [3.63, 3.8) is 0 Å². The number of hydrogen-bond donors (Lipinski definition) is 2. The van der Waals surface area contributed by atoms with Crippen molar-refractivity contribution in [1.29, 1.82) is 5.26 Å². The van der Waals surface area contributed by atoms with Crippen molar-refractivity contribution in [2.24, 2.45) is 5.92 Å². The Bertz CT molecular complexity index is 1120. The first-order chi connectivity index (χ1) is 15.9. The summed E-state index contributed by atoms with van der Waals surface area (Å²) in [6, 6.07) is 5.60. The molecule has 0 spiro atoms. The van der Waals surface area contributed by atoms with Crippen molar-refractivity contribution in [3.8, 4) is 6.07 Å². The minimum absolute atomic E-state index is 0.0364. The summed E-state index contributed by atoms with van der Waals surface area (Å²) in [6.07, 6.45) is 4.98. The third kappa shape index (κ3) is 5.25. The lowest BCUT2D eigenvalue weighted by Gasteiger charge is -2.35. The van der Waals surface area contributed by atoms with Crippen molar-refractivity contribution < 1.29 is 4.79 Å². The van der Waals surface area contributed by atoms with Crippen LogP contribution in [0.25, 0.3) is 0 Å². The van der Waals surface area contributed by atoms with Gasteiger partial charge in [-0.05, 0) is 37.8 Å². The van der Waals surface area contributed by atoms with Crippen LogP contribution in [0.5, 0.6) is 0 Å². The predicted molar refractivity (Wildman–Crippen MR) is 127 cm³/mol. The number of rotatable bonds is 8. The van der Waals surface area contributed by atoms with E-state index >= 15 is 0 Å². The first-order valence-electron chi connectivity index (χ1n) is 11.5. The smallest absolute Gasteiger partial charge is 0.330 e. The highest BCUT2D eigenvalue weighted by atomic mass is 16.2. The van der Waals surface area contributed by atoms with E-state index in [-0.39, 0.29) is 23.3 Å². The Morgan fingerprint density at radius 3 is 2.58 bits per heavy atom. The number of pyridine rings is 1. The molecule has 33 heavy (non-hydrogen) atoms. The van der Waals surface area contributed by atoms with Gasteiger partial charge in [0.25, 0.3) is 5.56 Å². The van der Waals surface area contributed by atoms with Gasteiger partial charge in [0.15, 0.2) is 5.69 Å². The zero-order chi connectivity index (χ0) is 24.0. The molecule has 0 saturated carbocycles. The average Bonchev–Trinajstić information content (AvgIpc) is 2.83. The lowest BCUT2D eigenvalue weighted by molar-refractivity contribution is -0.123. The molecule has 1 fully saturated rings. The largest absolute Gasteiger partial charge is 0.383 e. The molecule has 0 radical (unpaired) electrons. The zero-order valence-electron chi connectivity index (χ0n) is 19.2. The van der Waals surface area contributed by atoms with Gasteiger partial charge in [0.05, 0.1) is 5.56 Å². The van der Waals surface area contributed by atoms with Crippen LogP contribution in [-0.2, 0) is 11.3 Å². The third-order valence-corrected chi connectivity index (χ3v) is 5.98. The molecule has 176 valence electrons. The molecule has 3 rings (SSSR count). The average molecular weight is 454 g/mol. The number of unbranched alkanes of at least 4 members (excludes halogenated alkanes) is 1. The van der Waals surface area contributed by atoms with Crippen molar-refractivity contribution in [3.05, 3.63) is 44.7 Å². The van der Waals surface area contributed by atoms with Crippen molar-refractivity contribution >= 4 is 23.2 Å². The zero-order valence-corrected chi connectivity index (χ0v) is 19.2. The van der Waals surface area contributed by atoms with Gasteiger partial charge in [-0.15, -0.1) is 0 Å². The lowest BCUT2D eigenvalue weighted by Crippen LogP contribution is -2.46. The Morgan fingerprint density at radius 2 is 2.00 bits per heavy atom. The van der Waals surface area contributed by atoms with E-state index in [2.05, 4.69) is 20.9 Å². The number of carbonyl (C=O) groups is 1. The van der Waals surface area contributed by atoms with E-state index in [0.29, 0.717) is 57.4 Å². The molecule has 0 aromatic carbocycles. The Kier molecular flexibility index (Phi) is 7.87. The van der Waals surface area contributed by atoms with Gasteiger partial charge >= 0.3 is 5.69 Å². The molecule has 0 aliphatic carbocycles. The molecule has 1 saturated heterocycles. The molecule has 10 heteroatoms. The van der Waals surface area contributed by atoms with Crippen molar-refractivity contribution in [1.82, 2.24) is 14.5 Å². The van der Waals surface area contributed by atoms with E-state index < -0.39 is 11.2 Å². The van der Waals surface area contributed by atoms with Crippen LogP contribution in [-0.4, -0.2) is 40.1 Å². The molecular weight excluding hydrogens is 422 g/mol. The highest BCUT2D eigenvalue weighted by molar-refractivity contribution is 5.97. The highest BCUT2D eigenvalue weighted by Gasteiger charge is 2.32. The van der Waals surface area contributed by atoms with Crippen LogP contribution >= 0.6 is 0 Å². The molecule has 10 nitrogen and oxygen atoms in total. The topological polar surface area (TPSA) is 141 Å². The molecule has 0 atom stereocenters. The number of piperidine rings is 1. The van der Waals surface area contributed by atoms with E-state index in [9.17, 15) is 14.4 Å². The fourth-order valence-corrected chi connectivity index (χ4v) is 4.15. The van der Waals surface area contributed by atoms with Crippen LogP contribution in [0, 0.1) is 17.2 Å². The summed E-state index contributed by atoms with van der Waals surface area (Å²) in [7, 11) is 0. The third-order valence-electron chi connectivity index (χ3n) is 5.98. The Balaban J connectivity index is 1.82. The number of nitrogens with one attached hydrogen (secondary N) is 1. The second-order valence-electron chi connectivity index (χ2n) is 8.27. The standard InChI is InChI=1S/C23H31N7O3/c1-3-5-11-29(19-20(25)30(10-4-2)23(33)27-21(19)31)22(32)17-8-12-28(13-9-17)18-7-6-16(14-24)15-26-18/h6-7,15,17H,3-5,8-13,25H2,1-2H3,(H,27,31,33). The quantitative estimate of drug-likeness (QED) is 0.621. The number of aromatic nitrogens is 3. The van der Waals surface area contributed by atoms with E-state index in [1.54, 1.807) is 12.3 Å². The first kappa shape index (κ1) is 24.0. The molecule has 2 aromatic rings. The maximum Gasteiger partial charge on any atom is 0.330 e. The van der Waals surface area contributed by atoms with Gasteiger partial charge < -0.3 is 15.5 Å². The Labute approximate surface area is 192 Å². The Morgan fingerprint density at radius 1 is 1.27 bits per heavy atom. The molecule has 3 N–H and O–H groups in total. The van der Waals surface area contributed by atoms with Crippen LogP contribution in [0.3, 0.4) is 0 Å². The number of nitriles is 1. The number of hydrogen-bond acceptors (Lipinski definition) is 7. The monoisotopic (exact) mass is 453 g/mol. The van der Waals surface area contributed by atoms with Crippen LogP contribution in [0.15, 0.2) is 27.9 Å². The molecule has 0 bridgehead atoms. The summed E-state index contributed by atoms with van der Waals surface area (Å²) < 4.78 is 1.32. The van der Waals surface area contributed by atoms with Gasteiger partial charge in [0, 0.05) is 38.3 Å². The van der Waals surface area contributed by atoms with Crippen LogP contribution in [0.4, 0.5) is 17.3 Å². The van der Waals surface area contributed by atoms with E-state index in [0.717, 1.165) is 12.2 Å². The first-order valence-corrected chi connectivity index (χ1v) is 11.5. The number of nitrogen functional groups attached to an aromatic ring is 1. The lowest BCUT2D eigenvalue weighted by atomic mass is 9.94. The number of nitrogens with zero attached hydrogens (tertiary/aromatic N) is 5. The molecule has 2 aromatic heterocycles. The van der Waals surface area contributed by atoms with Gasteiger partial charge in [-0.3, -0.25) is 19.1 Å². The van der Waals surface area contributed by atoms with Crippen molar-refractivity contribution in [2.45, 2.75) is 52.5 Å². The summed E-state index contributed by atoms with van der Waals surface area (Å²) >= 11 is 0. The fourth-order valence-electron chi connectivity index (χ4n) is 4.15. The number of H-pyrrole nitrogens is 1. The number of amides is 1. The van der Waals surface area contributed by atoms with Gasteiger partial charge in [0.2, 0.25) is 5.91 Å². The molecular formula is C23H31N7O3. The number of carbonyl (C=O) groups excluding carboxylic acids is 1. The summed E-state index contributed by atoms with van der Waals surface area (Å²) in [5.41, 5.74) is 5.62. The van der Waals surface area contributed by atoms with Crippen LogP contribution in [0.1, 0.15) is 51.5 Å². The Hall–Kier alpha value is -3.61. The SMILES string of the molecule is CCCCN(C(=O)C1CCN(c2ccc(C#N)cn2)CC1)c1c(N)n(CCC)c(=O)[nH]c1=O. The minimum atomic E-state index is -0.631.